The summed E-state index contributed by atoms with van der Waals surface area (Å²) in [6.45, 7) is 6.48. The molecule has 0 amide bonds. The lowest BCUT2D eigenvalue weighted by molar-refractivity contribution is 0.0696. The number of halogens is 2. The number of hydrogen-bond acceptors (Lipinski definition) is 5. The third-order valence-corrected chi connectivity index (χ3v) is 7.41. The van der Waals surface area contributed by atoms with Gasteiger partial charge < -0.3 is 9.84 Å². The quantitative estimate of drug-likeness (QED) is 0.217. The van der Waals surface area contributed by atoms with Gasteiger partial charge in [0.05, 0.1) is 27.5 Å². The summed E-state index contributed by atoms with van der Waals surface area (Å²) in [5.74, 6) is -0.227. The van der Waals surface area contributed by atoms with E-state index < -0.39 is 5.97 Å². The topological polar surface area (TPSA) is 77.2 Å². The van der Waals surface area contributed by atoms with Gasteiger partial charge in [0, 0.05) is 22.4 Å². The molecule has 2 aromatic carbocycles. The molecule has 2 aromatic heterocycles. The van der Waals surface area contributed by atoms with Crippen molar-refractivity contribution < 1.29 is 14.6 Å². The fraction of sp³-hybridized carbons (Fsp3) is 0.222. The van der Waals surface area contributed by atoms with Crippen molar-refractivity contribution in [2.75, 3.05) is 0 Å². The monoisotopic (exact) mass is 541 g/mol. The average Bonchev–Trinajstić information content (AvgIpc) is 3.27. The molecule has 0 aliphatic heterocycles. The second kappa shape index (κ2) is 11.4. The molecule has 0 saturated carbocycles. The Bertz CT molecular complexity index is 1350. The van der Waals surface area contributed by atoms with Crippen molar-refractivity contribution in [1.29, 1.82) is 0 Å². The highest BCUT2D eigenvalue weighted by molar-refractivity contribution is 7.99. The van der Waals surface area contributed by atoms with Crippen LogP contribution < -0.4 is 4.74 Å². The lowest BCUT2D eigenvalue weighted by atomic mass is 10.0. The average molecular weight is 542 g/mol. The van der Waals surface area contributed by atoms with Gasteiger partial charge in [0.2, 0.25) is 5.88 Å². The van der Waals surface area contributed by atoms with Gasteiger partial charge in [-0.1, -0.05) is 55.2 Å². The smallest absolute Gasteiger partial charge is 0.335 e. The van der Waals surface area contributed by atoms with Gasteiger partial charge in [-0.3, -0.25) is 0 Å². The zero-order valence-corrected chi connectivity index (χ0v) is 22.3. The van der Waals surface area contributed by atoms with Gasteiger partial charge >= 0.3 is 5.97 Å². The number of carboxylic acids is 1. The maximum atomic E-state index is 11.2. The van der Waals surface area contributed by atoms with Crippen LogP contribution in [0.3, 0.4) is 0 Å². The lowest BCUT2D eigenvalue weighted by Crippen LogP contribution is -2.10. The van der Waals surface area contributed by atoms with Crippen LogP contribution in [0.1, 0.15) is 59.1 Å². The molecule has 9 heteroatoms. The number of pyridine rings is 1. The van der Waals surface area contributed by atoms with Crippen LogP contribution in [-0.2, 0) is 6.61 Å². The Morgan fingerprint density at radius 1 is 1.06 bits per heavy atom. The number of rotatable bonds is 9. The molecule has 0 fully saturated rings. The van der Waals surface area contributed by atoms with E-state index in [1.54, 1.807) is 59.0 Å². The summed E-state index contributed by atoms with van der Waals surface area (Å²) >= 11 is 14.5. The largest absolute Gasteiger partial charge is 0.478 e. The second-order valence-corrected chi connectivity index (χ2v) is 10.7. The minimum absolute atomic E-state index is 0.0759. The molecular weight excluding hydrogens is 517 g/mol. The number of ether oxygens (including phenoxy) is 1. The summed E-state index contributed by atoms with van der Waals surface area (Å²) in [5.41, 5.74) is 3.78. The second-order valence-electron chi connectivity index (χ2n) is 8.49. The van der Waals surface area contributed by atoms with Crippen LogP contribution in [0.2, 0.25) is 10.0 Å². The summed E-state index contributed by atoms with van der Waals surface area (Å²) in [7, 11) is 0. The first kappa shape index (κ1) is 26.1. The Balaban J connectivity index is 1.49. The molecular formula is C27H25Cl2N3O3S. The van der Waals surface area contributed by atoms with E-state index in [9.17, 15) is 9.90 Å². The fourth-order valence-corrected chi connectivity index (χ4v) is 5.33. The molecule has 0 spiro atoms. The van der Waals surface area contributed by atoms with Gasteiger partial charge in [-0.25, -0.2) is 14.5 Å². The Labute approximate surface area is 224 Å². The zero-order valence-electron chi connectivity index (χ0n) is 20.0. The number of aromatic carboxylic acids is 1. The Hall–Kier alpha value is -3.00. The number of carboxylic acid groups (broad SMARTS) is 1. The van der Waals surface area contributed by atoms with Gasteiger partial charge in [-0.15, -0.1) is 11.8 Å². The molecule has 0 radical (unpaired) electrons. The molecule has 1 N–H and O–H groups in total. The van der Waals surface area contributed by atoms with Crippen LogP contribution in [0.15, 0.2) is 71.9 Å². The normalized spacial score (nSPS) is 12.1. The predicted octanol–water partition coefficient (Wildman–Crippen LogP) is 7.83. The van der Waals surface area contributed by atoms with Gasteiger partial charge in [-0.2, -0.15) is 5.10 Å². The number of para-hydroxylation sites is 1. The van der Waals surface area contributed by atoms with Crippen molar-refractivity contribution in [1.82, 2.24) is 14.8 Å². The van der Waals surface area contributed by atoms with E-state index in [0.717, 1.165) is 21.7 Å². The minimum Gasteiger partial charge on any atom is -0.478 e. The van der Waals surface area contributed by atoms with Gasteiger partial charge in [-0.05, 0) is 54.3 Å². The molecule has 0 saturated heterocycles. The van der Waals surface area contributed by atoms with Crippen molar-refractivity contribution in [2.45, 2.75) is 43.4 Å². The van der Waals surface area contributed by atoms with E-state index in [1.807, 2.05) is 24.4 Å². The Morgan fingerprint density at radius 3 is 2.42 bits per heavy atom. The summed E-state index contributed by atoms with van der Waals surface area (Å²) in [6.07, 6.45) is 3.59. The SMILES string of the molecule is CC(C)c1cnn(-c2c(Cl)cccc2Cl)c1COc1ccc(C(C)Sc2cccc(C(=O)O)c2)cn1. The summed E-state index contributed by atoms with van der Waals surface area (Å²) in [4.78, 5) is 16.6. The number of nitrogens with zero attached hydrogens (tertiary/aromatic N) is 3. The maximum absolute atomic E-state index is 11.2. The summed E-state index contributed by atoms with van der Waals surface area (Å²) in [5, 5.41) is 14.8. The van der Waals surface area contributed by atoms with Crippen LogP contribution in [0, 0.1) is 0 Å². The molecule has 4 rings (SSSR count). The molecule has 6 nitrogen and oxygen atoms in total. The van der Waals surface area contributed by atoms with Gasteiger partial charge in [0.25, 0.3) is 0 Å². The molecule has 1 unspecified atom stereocenters. The lowest BCUT2D eigenvalue weighted by Gasteiger charge is -2.15. The van der Waals surface area contributed by atoms with Crippen LogP contribution in [0.25, 0.3) is 5.69 Å². The predicted molar refractivity (Wildman–Crippen MR) is 144 cm³/mol. The molecule has 0 aliphatic carbocycles. The molecule has 186 valence electrons. The molecule has 36 heavy (non-hydrogen) atoms. The summed E-state index contributed by atoms with van der Waals surface area (Å²) in [6, 6.07) is 16.1. The fourth-order valence-electron chi connectivity index (χ4n) is 3.73. The van der Waals surface area contributed by atoms with E-state index in [0.29, 0.717) is 21.6 Å². The molecule has 1 atom stereocenters. The number of benzene rings is 2. The van der Waals surface area contributed by atoms with Gasteiger partial charge in [0.15, 0.2) is 0 Å². The highest BCUT2D eigenvalue weighted by atomic mass is 35.5. The van der Waals surface area contributed by atoms with Crippen molar-refractivity contribution in [2.24, 2.45) is 0 Å². The molecule has 0 bridgehead atoms. The van der Waals surface area contributed by atoms with Crippen molar-refractivity contribution in [3.63, 3.8) is 0 Å². The first-order valence-electron chi connectivity index (χ1n) is 11.3. The van der Waals surface area contributed by atoms with Crippen LogP contribution in [0.5, 0.6) is 5.88 Å². The number of aromatic nitrogens is 3. The third kappa shape index (κ3) is 5.86. The molecule has 0 aliphatic rings. The van der Waals surface area contributed by atoms with Crippen LogP contribution >= 0.6 is 35.0 Å². The number of thioether (sulfide) groups is 1. The summed E-state index contributed by atoms with van der Waals surface area (Å²) < 4.78 is 7.78. The first-order chi connectivity index (χ1) is 17.2. The van der Waals surface area contributed by atoms with E-state index >= 15 is 0 Å². The molecule has 4 aromatic rings. The molecule has 2 heterocycles. The van der Waals surface area contributed by atoms with E-state index in [2.05, 4.69) is 30.9 Å². The first-order valence-corrected chi connectivity index (χ1v) is 13.0. The zero-order chi connectivity index (χ0) is 25.8. The Morgan fingerprint density at radius 2 is 1.78 bits per heavy atom. The van der Waals surface area contributed by atoms with Crippen molar-refractivity contribution >= 4 is 40.9 Å². The standard InChI is InChI=1S/C27H25Cl2N3O3S/c1-16(2)21-14-31-32(26-22(28)8-5-9-23(26)29)24(21)15-35-25-11-10-19(13-30-25)17(3)36-20-7-4-6-18(12-20)27(33)34/h4-14,16-17H,15H2,1-3H3,(H,33,34). The van der Waals surface area contributed by atoms with Crippen molar-refractivity contribution in [3.05, 3.63) is 99.4 Å². The van der Waals surface area contributed by atoms with Gasteiger partial charge in [0.1, 0.15) is 12.3 Å². The number of hydrogen-bond donors (Lipinski definition) is 1. The minimum atomic E-state index is -0.938. The highest BCUT2D eigenvalue weighted by Gasteiger charge is 2.19. The van der Waals surface area contributed by atoms with Crippen LogP contribution in [-0.4, -0.2) is 25.8 Å². The van der Waals surface area contributed by atoms with E-state index in [4.69, 9.17) is 27.9 Å². The van der Waals surface area contributed by atoms with E-state index in [-0.39, 0.29) is 23.3 Å². The van der Waals surface area contributed by atoms with Crippen LogP contribution in [0.4, 0.5) is 0 Å². The number of carbonyl (C=O) groups is 1. The third-order valence-electron chi connectivity index (χ3n) is 5.65. The highest BCUT2D eigenvalue weighted by Crippen LogP contribution is 2.35. The van der Waals surface area contributed by atoms with E-state index in [1.165, 1.54) is 0 Å². The van der Waals surface area contributed by atoms with Crippen molar-refractivity contribution in [3.8, 4) is 11.6 Å². The maximum Gasteiger partial charge on any atom is 0.335 e. The Kier molecular flexibility index (Phi) is 8.24.